The topological polar surface area (TPSA) is 102 Å². The second kappa shape index (κ2) is 7.79. The van der Waals surface area contributed by atoms with Crippen molar-refractivity contribution in [2.45, 2.75) is 6.42 Å². The Kier molecular flexibility index (Phi) is 5.28. The first-order valence-corrected chi connectivity index (χ1v) is 8.52. The largest absolute Gasteiger partial charge is 0.550 e. The van der Waals surface area contributed by atoms with Crippen molar-refractivity contribution >= 4 is 45.1 Å². The Labute approximate surface area is 153 Å². The van der Waals surface area contributed by atoms with Gasteiger partial charge in [0.25, 0.3) is 0 Å². The molecule has 0 N–H and O–H groups in total. The van der Waals surface area contributed by atoms with Gasteiger partial charge in [0.2, 0.25) is 0 Å². The van der Waals surface area contributed by atoms with Gasteiger partial charge in [0.05, 0.1) is 16.2 Å². The van der Waals surface area contributed by atoms with E-state index in [0.29, 0.717) is 16.3 Å². The number of hydrogen-bond donors (Lipinski definition) is 0. The Balaban J connectivity index is 1.89. The maximum atomic E-state index is 11.1. The van der Waals surface area contributed by atoms with Gasteiger partial charge in [0, 0.05) is 12.4 Å². The molecule has 0 unspecified atom stereocenters. The zero-order chi connectivity index (χ0) is 18.5. The first kappa shape index (κ1) is 17.6. The van der Waals surface area contributed by atoms with Crippen LogP contribution in [0.2, 0.25) is 0 Å². The minimum Gasteiger partial charge on any atom is -0.550 e. The van der Waals surface area contributed by atoms with Crippen LogP contribution >= 0.6 is 11.3 Å². The summed E-state index contributed by atoms with van der Waals surface area (Å²) in [5, 5.41) is 22.2. The first-order valence-electron chi connectivity index (χ1n) is 7.70. The first-order chi connectivity index (χ1) is 12.5. The Morgan fingerprint density at radius 1 is 1.04 bits per heavy atom. The fourth-order valence-electron chi connectivity index (χ4n) is 2.36. The number of rotatable bonds is 7. The maximum absolute atomic E-state index is 11.1. The van der Waals surface area contributed by atoms with Gasteiger partial charge in [-0.3, -0.25) is 0 Å². The van der Waals surface area contributed by atoms with Crippen LogP contribution < -0.4 is 14.9 Å². The summed E-state index contributed by atoms with van der Waals surface area (Å²) in [5.74, 6) is -2.11. The summed E-state index contributed by atoms with van der Waals surface area (Å²) in [6.45, 7) is -0.531. The lowest BCUT2D eigenvalue weighted by molar-refractivity contribution is -0.307. The van der Waals surface area contributed by atoms with Gasteiger partial charge >= 0.3 is 0 Å². The number of carboxylic acid groups (broad SMARTS) is 2. The number of para-hydroxylation sites is 1. The van der Waals surface area contributed by atoms with Crippen molar-refractivity contribution in [2.24, 2.45) is 0 Å². The van der Waals surface area contributed by atoms with Gasteiger partial charge in [0.1, 0.15) is 17.4 Å². The SMILES string of the molecule is O=C([O-])COc1ccc(/C=C(\CC(=O)[O-])c2nc3ccccc3s2)cc1. The van der Waals surface area contributed by atoms with E-state index in [-0.39, 0.29) is 6.42 Å². The molecule has 2 aromatic carbocycles. The van der Waals surface area contributed by atoms with Crippen LogP contribution in [-0.4, -0.2) is 23.5 Å². The third-order valence-corrected chi connectivity index (χ3v) is 4.59. The van der Waals surface area contributed by atoms with E-state index in [2.05, 4.69) is 4.98 Å². The second-order valence-electron chi connectivity index (χ2n) is 5.43. The van der Waals surface area contributed by atoms with Crippen molar-refractivity contribution in [1.29, 1.82) is 0 Å². The monoisotopic (exact) mass is 367 g/mol. The number of aliphatic carboxylic acids is 2. The van der Waals surface area contributed by atoms with E-state index in [1.54, 1.807) is 30.3 Å². The molecule has 0 aliphatic carbocycles. The summed E-state index contributed by atoms with van der Waals surface area (Å²) >= 11 is 1.41. The number of carbonyl (C=O) groups is 2. The van der Waals surface area contributed by atoms with Gasteiger partial charge in [-0.25, -0.2) is 4.98 Å². The van der Waals surface area contributed by atoms with E-state index in [9.17, 15) is 19.8 Å². The van der Waals surface area contributed by atoms with Crippen LogP contribution in [0.1, 0.15) is 17.0 Å². The predicted octanol–water partition coefficient (Wildman–Crippen LogP) is 1.11. The normalized spacial score (nSPS) is 11.5. The lowest BCUT2D eigenvalue weighted by Crippen LogP contribution is -2.28. The van der Waals surface area contributed by atoms with E-state index >= 15 is 0 Å². The minimum atomic E-state index is -1.30. The Bertz CT molecular complexity index is 942. The number of carbonyl (C=O) groups excluding carboxylic acids is 2. The number of nitrogens with zero attached hydrogens (tertiary/aromatic N) is 1. The molecule has 0 fully saturated rings. The zero-order valence-electron chi connectivity index (χ0n) is 13.5. The molecule has 7 heteroatoms. The summed E-state index contributed by atoms with van der Waals surface area (Å²) < 4.78 is 5.99. The second-order valence-corrected chi connectivity index (χ2v) is 6.47. The summed E-state index contributed by atoms with van der Waals surface area (Å²) in [6, 6.07) is 14.2. The lowest BCUT2D eigenvalue weighted by Gasteiger charge is -2.08. The van der Waals surface area contributed by atoms with Crippen LogP contribution in [0.5, 0.6) is 5.75 Å². The molecule has 0 bridgehead atoms. The fraction of sp³-hybridized carbons (Fsp3) is 0.105. The number of thiazole rings is 1. The number of carboxylic acids is 2. The van der Waals surface area contributed by atoms with E-state index < -0.39 is 18.5 Å². The third-order valence-electron chi connectivity index (χ3n) is 3.48. The number of ether oxygens (including phenoxy) is 1. The summed E-state index contributed by atoms with van der Waals surface area (Å²) in [4.78, 5) is 26.0. The van der Waals surface area contributed by atoms with Crippen molar-refractivity contribution in [3.05, 3.63) is 59.1 Å². The standard InChI is InChI=1S/C19H15NO5S/c21-17(22)10-13(19-20-15-3-1-2-4-16(15)26-19)9-12-5-7-14(8-6-12)25-11-18(23)24/h1-9H,10-11H2,(H,21,22)(H,23,24)/p-2/b13-9+. The van der Waals surface area contributed by atoms with Gasteiger partial charge in [-0.15, -0.1) is 11.3 Å². The highest BCUT2D eigenvalue weighted by atomic mass is 32.1. The van der Waals surface area contributed by atoms with Crippen molar-refractivity contribution < 1.29 is 24.5 Å². The fourth-order valence-corrected chi connectivity index (χ4v) is 3.34. The molecule has 6 nitrogen and oxygen atoms in total. The molecule has 0 saturated carbocycles. The average molecular weight is 367 g/mol. The molecule has 0 amide bonds. The van der Waals surface area contributed by atoms with E-state index in [4.69, 9.17) is 4.74 Å². The number of benzene rings is 2. The van der Waals surface area contributed by atoms with Gasteiger partial charge in [0.15, 0.2) is 0 Å². The molecule has 0 atom stereocenters. The Morgan fingerprint density at radius 3 is 2.42 bits per heavy atom. The number of aromatic nitrogens is 1. The molecule has 0 spiro atoms. The Morgan fingerprint density at radius 2 is 1.77 bits per heavy atom. The highest BCUT2D eigenvalue weighted by Gasteiger charge is 2.09. The van der Waals surface area contributed by atoms with Crippen LogP contribution in [0.4, 0.5) is 0 Å². The highest BCUT2D eigenvalue weighted by Crippen LogP contribution is 2.30. The van der Waals surface area contributed by atoms with Crippen LogP contribution in [-0.2, 0) is 9.59 Å². The van der Waals surface area contributed by atoms with E-state index in [1.807, 2.05) is 24.3 Å². The Hall–Kier alpha value is -3.19. The van der Waals surface area contributed by atoms with Crippen molar-refractivity contribution in [3.8, 4) is 5.75 Å². The molecule has 0 radical (unpaired) electrons. The van der Waals surface area contributed by atoms with Crippen LogP contribution in [0.3, 0.4) is 0 Å². The lowest BCUT2D eigenvalue weighted by atomic mass is 10.1. The quantitative estimate of drug-likeness (QED) is 0.620. The molecule has 1 aromatic heterocycles. The molecular formula is C19H13NO5S-2. The zero-order valence-corrected chi connectivity index (χ0v) is 14.3. The van der Waals surface area contributed by atoms with Crippen LogP contribution in [0, 0.1) is 0 Å². The highest BCUT2D eigenvalue weighted by molar-refractivity contribution is 7.19. The molecule has 1 heterocycles. The van der Waals surface area contributed by atoms with Gasteiger partial charge < -0.3 is 24.5 Å². The van der Waals surface area contributed by atoms with Crippen LogP contribution in [0.15, 0.2) is 48.5 Å². The smallest absolute Gasteiger partial charge is 0.128 e. The van der Waals surface area contributed by atoms with Gasteiger partial charge in [-0.05, 0) is 41.5 Å². The van der Waals surface area contributed by atoms with Crippen molar-refractivity contribution in [2.75, 3.05) is 6.61 Å². The van der Waals surface area contributed by atoms with Crippen molar-refractivity contribution in [3.63, 3.8) is 0 Å². The summed E-state index contributed by atoms with van der Waals surface area (Å²) in [7, 11) is 0. The maximum Gasteiger partial charge on any atom is 0.128 e. The summed E-state index contributed by atoms with van der Waals surface area (Å²) in [6.07, 6.45) is 1.46. The molecule has 3 rings (SSSR count). The van der Waals surface area contributed by atoms with Gasteiger partial charge in [-0.2, -0.15) is 0 Å². The molecule has 0 aliphatic rings. The average Bonchev–Trinajstić information content (AvgIpc) is 3.04. The molecule has 0 saturated heterocycles. The molecular weight excluding hydrogens is 354 g/mol. The van der Waals surface area contributed by atoms with Crippen molar-refractivity contribution in [1.82, 2.24) is 4.98 Å². The summed E-state index contributed by atoms with van der Waals surface area (Å²) in [5.41, 5.74) is 2.08. The van der Waals surface area contributed by atoms with Crippen LogP contribution in [0.25, 0.3) is 21.9 Å². The van der Waals surface area contributed by atoms with Gasteiger partial charge in [-0.1, -0.05) is 24.3 Å². The number of hydrogen-bond acceptors (Lipinski definition) is 7. The molecule has 132 valence electrons. The molecule has 0 aliphatic heterocycles. The third kappa shape index (κ3) is 4.46. The predicted molar refractivity (Wildman–Crippen MR) is 94.1 cm³/mol. The molecule has 26 heavy (non-hydrogen) atoms. The number of fused-ring (bicyclic) bond motifs is 1. The minimum absolute atomic E-state index is 0.261. The molecule has 3 aromatic rings. The van der Waals surface area contributed by atoms with E-state index in [1.165, 1.54) is 11.3 Å². The van der Waals surface area contributed by atoms with E-state index in [0.717, 1.165) is 15.8 Å².